The summed E-state index contributed by atoms with van der Waals surface area (Å²) in [7, 11) is 0. The number of carbonyl (C=O) groups excluding carboxylic acids is 2. The zero-order valence-electron chi connectivity index (χ0n) is 15.4. The van der Waals surface area contributed by atoms with Gasteiger partial charge in [-0.05, 0) is 20.8 Å². The Kier molecular flexibility index (Phi) is 5.08. The zero-order valence-corrected chi connectivity index (χ0v) is 15.4. The van der Waals surface area contributed by atoms with Gasteiger partial charge in [0.2, 0.25) is 11.8 Å². The van der Waals surface area contributed by atoms with Crippen LogP contribution >= 0.6 is 0 Å². The molecule has 25 heavy (non-hydrogen) atoms. The van der Waals surface area contributed by atoms with Crippen LogP contribution in [-0.4, -0.2) is 86.1 Å². The van der Waals surface area contributed by atoms with E-state index >= 15 is 0 Å². The molecule has 1 atom stereocenters. The van der Waals surface area contributed by atoms with Gasteiger partial charge in [0.15, 0.2) is 0 Å². The number of aromatic nitrogens is 3. The highest BCUT2D eigenvalue weighted by atomic mass is 16.2. The standard InChI is InChI=1S/C17H28N6O2/c1-17(2,3)23-11-14(10-15(23)24)16(25)21-7-4-20(5-8-21)6-9-22-13-18-12-19-22/h12-14H,4-11H2,1-3H3/t14-/m1/s1. The Hall–Kier alpha value is -1.96. The molecule has 0 bridgehead atoms. The van der Waals surface area contributed by atoms with Gasteiger partial charge in [-0.15, -0.1) is 0 Å². The topological polar surface area (TPSA) is 74.6 Å². The van der Waals surface area contributed by atoms with E-state index in [0.717, 1.165) is 39.3 Å². The average molecular weight is 348 g/mol. The second-order valence-corrected chi connectivity index (χ2v) is 7.90. The first-order chi connectivity index (χ1) is 11.8. The van der Waals surface area contributed by atoms with Crippen molar-refractivity contribution in [3.63, 3.8) is 0 Å². The molecule has 138 valence electrons. The van der Waals surface area contributed by atoms with E-state index in [0.29, 0.717) is 13.0 Å². The summed E-state index contributed by atoms with van der Waals surface area (Å²) in [5, 5.41) is 4.11. The molecule has 2 aliphatic rings. The molecule has 0 spiro atoms. The number of hydrogen-bond donors (Lipinski definition) is 0. The van der Waals surface area contributed by atoms with E-state index in [1.165, 1.54) is 0 Å². The third-order valence-corrected chi connectivity index (χ3v) is 5.08. The van der Waals surface area contributed by atoms with E-state index in [9.17, 15) is 9.59 Å². The predicted octanol–water partition coefficient (Wildman–Crippen LogP) is 0.0693. The smallest absolute Gasteiger partial charge is 0.228 e. The number of carbonyl (C=O) groups is 2. The van der Waals surface area contributed by atoms with Crippen LogP contribution in [0.25, 0.3) is 0 Å². The van der Waals surface area contributed by atoms with Crippen LogP contribution < -0.4 is 0 Å². The van der Waals surface area contributed by atoms with E-state index in [1.54, 1.807) is 12.7 Å². The predicted molar refractivity (Wildman–Crippen MR) is 92.6 cm³/mol. The lowest BCUT2D eigenvalue weighted by molar-refractivity contribution is -0.137. The van der Waals surface area contributed by atoms with Crippen molar-refractivity contribution in [2.75, 3.05) is 39.3 Å². The van der Waals surface area contributed by atoms with Gasteiger partial charge in [0.05, 0.1) is 12.5 Å². The number of hydrogen-bond acceptors (Lipinski definition) is 5. The minimum absolute atomic E-state index is 0.0947. The monoisotopic (exact) mass is 348 g/mol. The number of amides is 2. The highest BCUT2D eigenvalue weighted by Gasteiger charge is 2.41. The fourth-order valence-electron chi connectivity index (χ4n) is 3.56. The van der Waals surface area contributed by atoms with Crippen molar-refractivity contribution in [3.8, 4) is 0 Å². The molecule has 8 heteroatoms. The van der Waals surface area contributed by atoms with Gasteiger partial charge in [-0.1, -0.05) is 0 Å². The van der Waals surface area contributed by atoms with Gasteiger partial charge >= 0.3 is 0 Å². The Morgan fingerprint density at radius 3 is 2.48 bits per heavy atom. The molecule has 2 saturated heterocycles. The molecule has 0 radical (unpaired) electrons. The quantitative estimate of drug-likeness (QED) is 0.770. The molecule has 2 amide bonds. The SMILES string of the molecule is CC(C)(C)N1C[C@H](C(=O)N2CCN(CCn3cncn3)CC2)CC1=O. The third kappa shape index (κ3) is 4.18. The average Bonchev–Trinajstić information content (AvgIpc) is 3.21. The van der Waals surface area contributed by atoms with Crippen LogP contribution in [0.15, 0.2) is 12.7 Å². The number of piperazine rings is 1. The maximum atomic E-state index is 12.8. The largest absolute Gasteiger partial charge is 0.340 e. The minimum atomic E-state index is -0.216. The van der Waals surface area contributed by atoms with Gasteiger partial charge < -0.3 is 9.80 Å². The van der Waals surface area contributed by atoms with Crippen molar-refractivity contribution in [2.45, 2.75) is 39.3 Å². The van der Waals surface area contributed by atoms with Gasteiger partial charge in [0, 0.05) is 51.2 Å². The van der Waals surface area contributed by atoms with Crippen molar-refractivity contribution in [3.05, 3.63) is 12.7 Å². The number of rotatable bonds is 4. The second kappa shape index (κ2) is 7.11. The molecule has 8 nitrogen and oxygen atoms in total. The summed E-state index contributed by atoms with van der Waals surface area (Å²) in [4.78, 5) is 35.0. The van der Waals surface area contributed by atoms with Gasteiger partial charge in [-0.3, -0.25) is 19.2 Å². The van der Waals surface area contributed by atoms with Crippen molar-refractivity contribution >= 4 is 11.8 Å². The summed E-state index contributed by atoms with van der Waals surface area (Å²) < 4.78 is 1.82. The summed E-state index contributed by atoms with van der Waals surface area (Å²) in [5.74, 6) is 0.0433. The third-order valence-electron chi connectivity index (χ3n) is 5.08. The molecule has 0 N–H and O–H groups in total. The zero-order chi connectivity index (χ0) is 18.0. The molecule has 2 aliphatic heterocycles. The van der Waals surface area contributed by atoms with Gasteiger partial charge in [-0.2, -0.15) is 5.10 Å². The van der Waals surface area contributed by atoms with Crippen LogP contribution in [0.3, 0.4) is 0 Å². The lowest BCUT2D eigenvalue weighted by atomic mass is 10.1. The number of nitrogens with zero attached hydrogens (tertiary/aromatic N) is 6. The first kappa shape index (κ1) is 17.8. The van der Waals surface area contributed by atoms with Crippen molar-refractivity contribution in [1.29, 1.82) is 0 Å². The fourth-order valence-corrected chi connectivity index (χ4v) is 3.56. The molecule has 0 saturated carbocycles. The van der Waals surface area contributed by atoms with Crippen LogP contribution in [0, 0.1) is 5.92 Å². The molecule has 1 aromatic rings. The maximum absolute atomic E-state index is 12.8. The Morgan fingerprint density at radius 1 is 1.20 bits per heavy atom. The Morgan fingerprint density at radius 2 is 1.92 bits per heavy atom. The summed E-state index contributed by atoms with van der Waals surface area (Å²) in [5.41, 5.74) is -0.216. The van der Waals surface area contributed by atoms with E-state index in [4.69, 9.17) is 0 Å². The van der Waals surface area contributed by atoms with E-state index < -0.39 is 0 Å². The van der Waals surface area contributed by atoms with Crippen molar-refractivity contribution in [2.24, 2.45) is 5.92 Å². The molecule has 0 aromatic carbocycles. The van der Waals surface area contributed by atoms with Crippen LogP contribution in [0.4, 0.5) is 0 Å². The molecule has 0 unspecified atom stereocenters. The van der Waals surface area contributed by atoms with Crippen molar-refractivity contribution < 1.29 is 9.59 Å². The Balaban J connectivity index is 1.46. The fraction of sp³-hybridized carbons (Fsp3) is 0.765. The Labute approximate surface area is 148 Å². The van der Waals surface area contributed by atoms with Crippen LogP contribution in [0.2, 0.25) is 0 Å². The molecule has 1 aromatic heterocycles. The molecular weight excluding hydrogens is 320 g/mol. The normalized spacial score (nSPS) is 22.7. The summed E-state index contributed by atoms with van der Waals surface area (Å²) >= 11 is 0. The summed E-state index contributed by atoms with van der Waals surface area (Å²) in [6, 6.07) is 0. The number of likely N-dealkylation sites (tertiary alicyclic amines) is 1. The molecule has 0 aliphatic carbocycles. The summed E-state index contributed by atoms with van der Waals surface area (Å²) in [6.07, 6.45) is 3.61. The molecule has 2 fully saturated rings. The minimum Gasteiger partial charge on any atom is -0.340 e. The lowest BCUT2D eigenvalue weighted by Gasteiger charge is -2.36. The maximum Gasteiger partial charge on any atom is 0.228 e. The molecule has 3 rings (SSSR count). The van der Waals surface area contributed by atoms with Gasteiger partial charge in [0.1, 0.15) is 12.7 Å². The highest BCUT2D eigenvalue weighted by Crippen LogP contribution is 2.27. The van der Waals surface area contributed by atoms with Crippen LogP contribution in [0.5, 0.6) is 0 Å². The van der Waals surface area contributed by atoms with Crippen LogP contribution in [-0.2, 0) is 16.1 Å². The Bertz CT molecular complexity index is 601. The second-order valence-electron chi connectivity index (χ2n) is 7.90. The molecular formula is C17H28N6O2. The van der Waals surface area contributed by atoms with E-state index in [-0.39, 0.29) is 23.3 Å². The van der Waals surface area contributed by atoms with Crippen LogP contribution in [0.1, 0.15) is 27.2 Å². The van der Waals surface area contributed by atoms with E-state index in [2.05, 4.69) is 15.0 Å². The van der Waals surface area contributed by atoms with Gasteiger partial charge in [0.25, 0.3) is 0 Å². The molecule has 3 heterocycles. The van der Waals surface area contributed by atoms with Gasteiger partial charge in [-0.25, -0.2) is 4.98 Å². The first-order valence-electron chi connectivity index (χ1n) is 8.98. The summed E-state index contributed by atoms with van der Waals surface area (Å²) in [6.45, 7) is 11.5. The van der Waals surface area contributed by atoms with Crippen molar-refractivity contribution in [1.82, 2.24) is 29.5 Å². The first-order valence-corrected chi connectivity index (χ1v) is 8.98. The van der Waals surface area contributed by atoms with E-state index in [1.807, 2.05) is 35.3 Å². The lowest BCUT2D eigenvalue weighted by Crippen LogP contribution is -2.51. The highest BCUT2D eigenvalue weighted by molar-refractivity contribution is 5.89.